The van der Waals surface area contributed by atoms with Crippen molar-refractivity contribution in [3.05, 3.63) is 53.5 Å². The van der Waals surface area contributed by atoms with Gasteiger partial charge in [-0.2, -0.15) is 28.4 Å². The van der Waals surface area contributed by atoms with Crippen molar-refractivity contribution in [1.29, 1.82) is 5.26 Å². The average molecular weight is 588 g/mol. The van der Waals surface area contributed by atoms with Crippen LogP contribution in [0.4, 0.5) is 29.1 Å². The van der Waals surface area contributed by atoms with Gasteiger partial charge in [0.1, 0.15) is 23.8 Å². The van der Waals surface area contributed by atoms with E-state index >= 15 is 0 Å². The lowest BCUT2D eigenvalue weighted by atomic mass is 10.0. The number of benzene rings is 1. The Hall–Kier alpha value is -3.92. The Balaban J connectivity index is 1.49. The molecule has 0 radical (unpaired) electrons. The van der Waals surface area contributed by atoms with Crippen LogP contribution in [0.3, 0.4) is 0 Å². The fraction of sp³-hybridized carbons (Fsp3) is 0.517. The lowest BCUT2D eigenvalue weighted by molar-refractivity contribution is -0.139. The zero-order valence-corrected chi connectivity index (χ0v) is 23.4. The molecule has 5 rings (SSSR count). The highest BCUT2D eigenvalue weighted by molar-refractivity contribution is 5.87. The minimum atomic E-state index is -4.86. The molecular formula is C29H33F4N7O2. The fourth-order valence-electron chi connectivity index (χ4n) is 6.07. The van der Waals surface area contributed by atoms with E-state index in [9.17, 15) is 27.6 Å². The van der Waals surface area contributed by atoms with E-state index in [0.717, 1.165) is 31.0 Å². The number of carbonyl (C=O) groups excluding carboxylic acids is 1. The molecule has 2 fully saturated rings. The second-order valence-corrected chi connectivity index (χ2v) is 10.8. The predicted octanol–water partition coefficient (Wildman–Crippen LogP) is 3.79. The molecule has 0 spiro atoms. The number of rotatable bonds is 7. The van der Waals surface area contributed by atoms with Gasteiger partial charge in [-0.05, 0) is 51.1 Å². The van der Waals surface area contributed by atoms with E-state index < -0.39 is 23.6 Å². The molecule has 2 atom stereocenters. The summed E-state index contributed by atoms with van der Waals surface area (Å²) in [6, 6.07) is 5.42. The number of amides is 1. The molecule has 0 aliphatic carbocycles. The van der Waals surface area contributed by atoms with Crippen molar-refractivity contribution >= 4 is 17.4 Å². The summed E-state index contributed by atoms with van der Waals surface area (Å²) in [5, 5.41) is 9.42. The van der Waals surface area contributed by atoms with Gasteiger partial charge in [-0.3, -0.25) is 4.79 Å². The molecule has 2 aromatic rings. The van der Waals surface area contributed by atoms with Crippen molar-refractivity contribution in [3.63, 3.8) is 0 Å². The number of likely N-dealkylation sites (N-methyl/N-ethyl adjacent to an activating group) is 1. The van der Waals surface area contributed by atoms with Gasteiger partial charge in [-0.1, -0.05) is 12.6 Å². The number of likely N-dealkylation sites (tertiary alicyclic amines) is 1. The van der Waals surface area contributed by atoms with Gasteiger partial charge in [0, 0.05) is 37.8 Å². The molecule has 0 N–H and O–H groups in total. The van der Waals surface area contributed by atoms with Crippen LogP contribution >= 0.6 is 0 Å². The highest BCUT2D eigenvalue weighted by atomic mass is 19.4. The van der Waals surface area contributed by atoms with Gasteiger partial charge in [-0.15, -0.1) is 0 Å². The first-order valence-electron chi connectivity index (χ1n) is 14.0. The Morgan fingerprint density at radius 1 is 1.19 bits per heavy atom. The molecule has 1 aromatic carbocycles. The number of halogens is 4. The van der Waals surface area contributed by atoms with Crippen molar-refractivity contribution in [2.24, 2.45) is 0 Å². The molecule has 1 aromatic heterocycles. The summed E-state index contributed by atoms with van der Waals surface area (Å²) in [4.78, 5) is 29.1. The summed E-state index contributed by atoms with van der Waals surface area (Å²) in [6.07, 6.45) is -1.17. The number of nitriles is 1. The number of fused-ring (bicyclic) bond motifs is 1. The topological polar surface area (TPSA) is 88.8 Å². The van der Waals surface area contributed by atoms with Crippen LogP contribution in [0.2, 0.25) is 0 Å². The average Bonchev–Trinajstić information content (AvgIpc) is 3.38. The zero-order valence-electron chi connectivity index (χ0n) is 23.4. The molecule has 13 heteroatoms. The van der Waals surface area contributed by atoms with Gasteiger partial charge in [-0.25, -0.2) is 4.39 Å². The van der Waals surface area contributed by atoms with Crippen LogP contribution in [0.1, 0.15) is 36.1 Å². The first kappa shape index (κ1) is 29.6. The maximum atomic E-state index is 14.4. The van der Waals surface area contributed by atoms with Crippen LogP contribution in [0.25, 0.3) is 0 Å². The van der Waals surface area contributed by atoms with Gasteiger partial charge in [0.25, 0.3) is 0 Å². The second kappa shape index (κ2) is 12.1. The van der Waals surface area contributed by atoms with Crippen molar-refractivity contribution in [2.45, 2.75) is 50.5 Å². The summed E-state index contributed by atoms with van der Waals surface area (Å²) < 4.78 is 62.0. The molecule has 3 aliphatic heterocycles. The summed E-state index contributed by atoms with van der Waals surface area (Å²) in [7, 11) is 2.02. The van der Waals surface area contributed by atoms with E-state index in [0.29, 0.717) is 44.2 Å². The minimum Gasteiger partial charge on any atom is -0.462 e. The fourth-order valence-corrected chi connectivity index (χ4v) is 6.07. The standard InChI is InChI=1S/C29H33F4N7O2/c1-3-25(41)40-15-14-39(16-19(40)9-11-34)27-21-10-13-38(24-8-4-7-22(30)26(24)29(31,32)33)17-23(21)35-28(36-27)42-18-20-6-5-12-37(20)2/h3-4,7-8,19-20H,1,5-6,9-10,12-18H2,2H3/t19-,20-/m0/s1. The van der Waals surface area contributed by atoms with E-state index in [1.165, 1.54) is 23.1 Å². The molecule has 224 valence electrons. The molecule has 2 saturated heterocycles. The van der Waals surface area contributed by atoms with Crippen LogP contribution in [-0.2, 0) is 23.9 Å². The Morgan fingerprint density at radius 3 is 2.69 bits per heavy atom. The molecule has 0 unspecified atom stereocenters. The SMILES string of the molecule is C=CC(=O)N1CCN(c2nc(OC[C@@H]3CCCN3C)nc3c2CCN(c2cccc(F)c2C(F)(F)F)C3)C[C@@H]1CC#N. The number of nitrogens with zero attached hydrogens (tertiary/aromatic N) is 7. The number of anilines is 2. The summed E-state index contributed by atoms with van der Waals surface area (Å²) in [5.74, 6) is -0.997. The molecule has 0 saturated carbocycles. The van der Waals surface area contributed by atoms with Gasteiger partial charge >= 0.3 is 12.2 Å². The predicted molar refractivity (Wildman–Crippen MR) is 147 cm³/mol. The number of alkyl halides is 3. The smallest absolute Gasteiger partial charge is 0.421 e. The second-order valence-electron chi connectivity index (χ2n) is 10.8. The first-order chi connectivity index (χ1) is 20.1. The first-order valence-corrected chi connectivity index (χ1v) is 14.0. The summed E-state index contributed by atoms with van der Waals surface area (Å²) >= 11 is 0. The third-order valence-corrected chi connectivity index (χ3v) is 8.28. The van der Waals surface area contributed by atoms with Gasteiger partial charge in [0.05, 0.1) is 36.5 Å². The van der Waals surface area contributed by atoms with Crippen LogP contribution in [0.15, 0.2) is 30.9 Å². The summed E-state index contributed by atoms with van der Waals surface area (Å²) in [5.41, 5.74) is -0.277. The Morgan fingerprint density at radius 2 is 2.00 bits per heavy atom. The van der Waals surface area contributed by atoms with E-state index in [2.05, 4.69) is 22.5 Å². The van der Waals surface area contributed by atoms with Gasteiger partial charge in [0.15, 0.2) is 0 Å². The molecule has 42 heavy (non-hydrogen) atoms. The number of aromatic nitrogens is 2. The molecule has 3 aliphatic rings. The maximum absolute atomic E-state index is 14.4. The lowest BCUT2D eigenvalue weighted by Gasteiger charge is -2.42. The van der Waals surface area contributed by atoms with E-state index in [-0.39, 0.29) is 43.2 Å². The third kappa shape index (κ3) is 5.99. The van der Waals surface area contributed by atoms with E-state index in [4.69, 9.17) is 9.72 Å². The van der Waals surface area contributed by atoms with Gasteiger partial charge in [0.2, 0.25) is 5.91 Å². The minimum absolute atomic E-state index is 0.00756. The van der Waals surface area contributed by atoms with Crippen molar-refractivity contribution in [1.82, 2.24) is 19.8 Å². The molecular weight excluding hydrogens is 554 g/mol. The molecule has 4 heterocycles. The number of hydrogen-bond donors (Lipinski definition) is 0. The van der Waals surface area contributed by atoms with Crippen LogP contribution in [0.5, 0.6) is 6.01 Å². The monoisotopic (exact) mass is 587 g/mol. The normalized spacial score (nSPS) is 21.2. The Kier molecular flexibility index (Phi) is 8.54. The van der Waals surface area contributed by atoms with E-state index in [1.807, 2.05) is 11.9 Å². The number of piperazine rings is 1. The van der Waals surface area contributed by atoms with Crippen LogP contribution in [0, 0.1) is 17.1 Å². The molecule has 1 amide bonds. The Labute approximate surface area is 242 Å². The number of ether oxygens (including phenoxy) is 1. The molecule has 0 bridgehead atoms. The zero-order chi connectivity index (χ0) is 30.0. The van der Waals surface area contributed by atoms with Crippen LogP contribution in [-0.4, -0.2) is 84.1 Å². The van der Waals surface area contributed by atoms with Crippen LogP contribution < -0.4 is 14.5 Å². The highest BCUT2D eigenvalue weighted by Gasteiger charge is 2.40. The maximum Gasteiger partial charge on any atom is 0.421 e. The number of hydrogen-bond acceptors (Lipinski definition) is 8. The van der Waals surface area contributed by atoms with Gasteiger partial charge < -0.3 is 24.3 Å². The summed E-state index contributed by atoms with van der Waals surface area (Å²) in [6.45, 7) is 6.21. The van der Waals surface area contributed by atoms with Crippen molar-refractivity contribution < 1.29 is 27.1 Å². The Bertz CT molecular complexity index is 1380. The largest absolute Gasteiger partial charge is 0.462 e. The number of carbonyl (C=O) groups is 1. The van der Waals surface area contributed by atoms with E-state index in [1.54, 1.807) is 4.90 Å². The quantitative estimate of drug-likeness (QED) is 0.357. The van der Waals surface area contributed by atoms with Crippen molar-refractivity contribution in [3.8, 4) is 12.1 Å². The third-order valence-electron chi connectivity index (χ3n) is 8.28. The van der Waals surface area contributed by atoms with Crippen molar-refractivity contribution in [2.75, 3.05) is 56.2 Å². The molecule has 9 nitrogen and oxygen atoms in total. The lowest BCUT2D eigenvalue weighted by Crippen LogP contribution is -2.55. The highest BCUT2D eigenvalue weighted by Crippen LogP contribution is 2.40.